The molecule has 6 nitrogen and oxygen atoms in total. The molecule has 1 aromatic carbocycles. The molecule has 0 radical (unpaired) electrons. The van der Waals surface area contributed by atoms with E-state index < -0.39 is 0 Å². The molecule has 0 bridgehead atoms. The van der Waals surface area contributed by atoms with Crippen molar-refractivity contribution in [3.05, 3.63) is 65.7 Å². The molecule has 1 saturated heterocycles. The van der Waals surface area contributed by atoms with Crippen molar-refractivity contribution in [3.8, 4) is 0 Å². The van der Waals surface area contributed by atoms with Crippen molar-refractivity contribution in [1.29, 1.82) is 0 Å². The SMILES string of the molecule is Cc1cccc(NC(=O)c2nc(C(=O)N3CCCC3)c3ccccn23)c1. The summed E-state index contributed by atoms with van der Waals surface area (Å²) in [4.78, 5) is 31.8. The predicted octanol–water partition coefficient (Wildman–Crippen LogP) is 3.13. The van der Waals surface area contributed by atoms with Crippen molar-refractivity contribution in [2.75, 3.05) is 18.4 Å². The molecule has 1 fully saturated rings. The Morgan fingerprint density at radius 1 is 1.08 bits per heavy atom. The summed E-state index contributed by atoms with van der Waals surface area (Å²) < 4.78 is 1.68. The van der Waals surface area contributed by atoms with Crippen LogP contribution < -0.4 is 5.32 Å². The highest BCUT2D eigenvalue weighted by Gasteiger charge is 2.26. The zero-order valence-corrected chi connectivity index (χ0v) is 14.6. The topological polar surface area (TPSA) is 66.7 Å². The van der Waals surface area contributed by atoms with Gasteiger partial charge in [-0.2, -0.15) is 0 Å². The van der Waals surface area contributed by atoms with E-state index >= 15 is 0 Å². The van der Waals surface area contributed by atoms with Crippen LogP contribution in [0.15, 0.2) is 48.7 Å². The lowest BCUT2D eigenvalue weighted by Gasteiger charge is -2.13. The summed E-state index contributed by atoms with van der Waals surface area (Å²) in [5.41, 5.74) is 2.75. The number of likely N-dealkylation sites (tertiary alicyclic amines) is 1. The van der Waals surface area contributed by atoms with E-state index in [9.17, 15) is 9.59 Å². The first-order chi connectivity index (χ1) is 12.6. The van der Waals surface area contributed by atoms with Crippen molar-refractivity contribution in [3.63, 3.8) is 0 Å². The third-order valence-electron chi connectivity index (χ3n) is 4.62. The Labute approximate surface area is 151 Å². The standard InChI is InChI=1S/C20H20N4O2/c1-14-7-6-8-15(13-14)21-19(25)18-22-17(16-9-2-3-12-24(16)18)20(26)23-10-4-5-11-23/h2-3,6-9,12-13H,4-5,10-11H2,1H3,(H,21,25). The summed E-state index contributed by atoms with van der Waals surface area (Å²) in [7, 11) is 0. The normalized spacial score (nSPS) is 14.0. The van der Waals surface area contributed by atoms with Crippen LogP contribution >= 0.6 is 0 Å². The third kappa shape index (κ3) is 2.94. The molecule has 4 rings (SSSR count). The van der Waals surface area contributed by atoms with E-state index in [0.717, 1.165) is 31.5 Å². The lowest BCUT2D eigenvalue weighted by Crippen LogP contribution is -2.28. The minimum absolute atomic E-state index is 0.110. The highest BCUT2D eigenvalue weighted by Crippen LogP contribution is 2.19. The van der Waals surface area contributed by atoms with Gasteiger partial charge in [-0.25, -0.2) is 4.98 Å². The van der Waals surface area contributed by atoms with Crippen molar-refractivity contribution < 1.29 is 9.59 Å². The number of carbonyl (C=O) groups excluding carboxylic acids is 2. The quantitative estimate of drug-likeness (QED) is 0.791. The van der Waals surface area contributed by atoms with Crippen molar-refractivity contribution in [2.24, 2.45) is 0 Å². The van der Waals surface area contributed by atoms with Gasteiger partial charge < -0.3 is 10.2 Å². The smallest absolute Gasteiger partial charge is 0.292 e. The first-order valence-electron chi connectivity index (χ1n) is 8.78. The molecule has 0 spiro atoms. The Kier molecular flexibility index (Phi) is 4.16. The maximum absolute atomic E-state index is 12.8. The highest BCUT2D eigenvalue weighted by molar-refractivity contribution is 6.06. The number of rotatable bonds is 3. The molecule has 0 aliphatic carbocycles. The van der Waals surface area contributed by atoms with Crippen LogP contribution in [0.25, 0.3) is 5.52 Å². The maximum Gasteiger partial charge on any atom is 0.292 e. The number of pyridine rings is 1. The first kappa shape index (κ1) is 16.3. The summed E-state index contributed by atoms with van der Waals surface area (Å²) >= 11 is 0. The van der Waals surface area contributed by atoms with Crippen LogP contribution in [0.5, 0.6) is 0 Å². The van der Waals surface area contributed by atoms with Crippen LogP contribution in [-0.2, 0) is 0 Å². The van der Waals surface area contributed by atoms with Gasteiger partial charge in [-0.15, -0.1) is 0 Å². The number of fused-ring (bicyclic) bond motifs is 1. The number of aromatic nitrogens is 2. The number of benzene rings is 1. The molecule has 26 heavy (non-hydrogen) atoms. The van der Waals surface area contributed by atoms with E-state index in [1.165, 1.54) is 0 Å². The summed E-state index contributed by atoms with van der Waals surface area (Å²) in [6.07, 6.45) is 3.78. The second-order valence-electron chi connectivity index (χ2n) is 6.56. The molecule has 2 amide bonds. The van der Waals surface area contributed by atoms with Gasteiger partial charge in [-0.05, 0) is 49.6 Å². The molecule has 1 aliphatic rings. The second kappa shape index (κ2) is 6.63. The Morgan fingerprint density at radius 2 is 1.88 bits per heavy atom. The van der Waals surface area contributed by atoms with Crippen LogP contribution in [0.1, 0.15) is 39.5 Å². The fraction of sp³-hybridized carbons (Fsp3) is 0.250. The van der Waals surface area contributed by atoms with Crippen molar-refractivity contribution in [2.45, 2.75) is 19.8 Å². The number of nitrogens with zero attached hydrogens (tertiary/aromatic N) is 3. The number of hydrogen-bond acceptors (Lipinski definition) is 3. The molecule has 1 aliphatic heterocycles. The van der Waals surface area contributed by atoms with Gasteiger partial charge in [0.1, 0.15) is 0 Å². The minimum Gasteiger partial charge on any atom is -0.337 e. The number of anilines is 1. The molecule has 0 unspecified atom stereocenters. The average molecular weight is 348 g/mol. The minimum atomic E-state index is -0.336. The van der Waals surface area contributed by atoms with E-state index in [-0.39, 0.29) is 17.6 Å². The number of imidazole rings is 1. The maximum atomic E-state index is 12.8. The lowest BCUT2D eigenvalue weighted by molar-refractivity contribution is 0.0789. The molecular formula is C20H20N4O2. The van der Waals surface area contributed by atoms with E-state index in [1.807, 2.05) is 49.4 Å². The van der Waals surface area contributed by atoms with E-state index in [4.69, 9.17) is 0 Å². The first-order valence-corrected chi connectivity index (χ1v) is 8.78. The van der Waals surface area contributed by atoms with Crippen LogP contribution in [0.2, 0.25) is 0 Å². The van der Waals surface area contributed by atoms with Crippen molar-refractivity contribution >= 4 is 23.0 Å². The summed E-state index contributed by atoms with van der Waals surface area (Å²) in [6, 6.07) is 13.1. The highest BCUT2D eigenvalue weighted by atomic mass is 16.2. The van der Waals surface area contributed by atoms with Gasteiger partial charge in [0.15, 0.2) is 5.69 Å². The van der Waals surface area contributed by atoms with E-state index in [1.54, 1.807) is 15.5 Å². The molecule has 0 atom stereocenters. The number of amides is 2. The number of hydrogen-bond donors (Lipinski definition) is 1. The summed E-state index contributed by atoms with van der Waals surface area (Å²) in [5, 5.41) is 2.87. The monoisotopic (exact) mass is 348 g/mol. The second-order valence-corrected chi connectivity index (χ2v) is 6.56. The molecular weight excluding hydrogens is 328 g/mol. The summed E-state index contributed by atoms with van der Waals surface area (Å²) in [5.74, 6) is -0.234. The zero-order chi connectivity index (χ0) is 18.1. The fourth-order valence-corrected chi connectivity index (χ4v) is 3.34. The van der Waals surface area contributed by atoms with Crippen LogP contribution in [0.3, 0.4) is 0 Å². The number of carbonyl (C=O) groups is 2. The summed E-state index contributed by atoms with van der Waals surface area (Å²) in [6.45, 7) is 3.46. The van der Waals surface area contributed by atoms with Crippen LogP contribution in [-0.4, -0.2) is 39.2 Å². The Hall–Kier alpha value is -3.15. The van der Waals surface area contributed by atoms with Crippen LogP contribution in [0.4, 0.5) is 5.69 Å². The Balaban J connectivity index is 1.71. The average Bonchev–Trinajstić information content (AvgIpc) is 3.29. The largest absolute Gasteiger partial charge is 0.337 e. The van der Waals surface area contributed by atoms with Gasteiger partial charge >= 0.3 is 0 Å². The van der Waals surface area contributed by atoms with Gasteiger partial charge in [-0.1, -0.05) is 18.2 Å². The Bertz CT molecular complexity index is 986. The number of nitrogens with one attached hydrogen (secondary N) is 1. The van der Waals surface area contributed by atoms with Gasteiger partial charge in [-0.3, -0.25) is 14.0 Å². The number of aryl methyl sites for hydroxylation is 1. The molecule has 132 valence electrons. The predicted molar refractivity (Wildman–Crippen MR) is 99.5 cm³/mol. The molecule has 6 heteroatoms. The third-order valence-corrected chi connectivity index (χ3v) is 4.62. The molecule has 0 saturated carbocycles. The van der Waals surface area contributed by atoms with Gasteiger partial charge in [0.2, 0.25) is 5.82 Å². The van der Waals surface area contributed by atoms with Gasteiger partial charge in [0.25, 0.3) is 11.8 Å². The van der Waals surface area contributed by atoms with E-state index in [0.29, 0.717) is 16.9 Å². The van der Waals surface area contributed by atoms with Gasteiger partial charge in [0, 0.05) is 25.0 Å². The van der Waals surface area contributed by atoms with Crippen molar-refractivity contribution in [1.82, 2.24) is 14.3 Å². The zero-order valence-electron chi connectivity index (χ0n) is 14.6. The fourth-order valence-electron chi connectivity index (χ4n) is 3.34. The molecule has 1 N–H and O–H groups in total. The molecule has 2 aromatic heterocycles. The van der Waals surface area contributed by atoms with Gasteiger partial charge in [0.05, 0.1) is 5.52 Å². The Morgan fingerprint density at radius 3 is 2.65 bits per heavy atom. The van der Waals surface area contributed by atoms with E-state index in [2.05, 4.69) is 10.3 Å². The molecule has 3 heterocycles. The lowest BCUT2D eigenvalue weighted by atomic mass is 10.2. The molecule has 3 aromatic rings. The van der Waals surface area contributed by atoms with Crippen LogP contribution in [0, 0.1) is 6.92 Å².